The molecule has 0 spiro atoms. The van der Waals surface area contributed by atoms with Crippen LogP contribution in [0.3, 0.4) is 0 Å². The summed E-state index contributed by atoms with van der Waals surface area (Å²) in [4.78, 5) is 0. The molecule has 0 unspecified atom stereocenters. The van der Waals surface area contributed by atoms with Gasteiger partial charge in [0.1, 0.15) is 5.75 Å². The van der Waals surface area contributed by atoms with Gasteiger partial charge in [0.25, 0.3) is 0 Å². The number of methoxy groups -OCH3 is 1. The quantitative estimate of drug-likeness (QED) is 0.792. The zero-order valence-electron chi connectivity index (χ0n) is 11.5. The normalized spacial score (nSPS) is 10.2. The lowest BCUT2D eigenvalue weighted by atomic mass is 10.1. The molecule has 98 valence electrons. The van der Waals surface area contributed by atoms with E-state index in [2.05, 4.69) is 25.2 Å². The Morgan fingerprint density at radius 3 is 2.44 bits per heavy atom. The van der Waals surface area contributed by atoms with Crippen LogP contribution in [0.15, 0.2) is 18.2 Å². The highest BCUT2D eigenvalue weighted by molar-refractivity contribution is 5.59. The Kier molecular flexibility index (Phi) is 6.07. The highest BCUT2D eigenvalue weighted by Crippen LogP contribution is 2.27. The van der Waals surface area contributed by atoms with Crippen LogP contribution in [0.1, 0.15) is 45.1 Å². The second kappa shape index (κ2) is 7.60. The molecule has 3 heteroatoms. The number of benzene rings is 1. The average molecular weight is 246 g/mol. The van der Waals surface area contributed by atoms with Gasteiger partial charge in [-0.1, -0.05) is 26.7 Å². The molecule has 0 aliphatic carbocycles. The van der Waals surface area contributed by atoms with E-state index in [0.29, 0.717) is 11.6 Å². The zero-order chi connectivity index (χ0) is 13.4. The van der Waals surface area contributed by atoms with Crippen LogP contribution in [-0.2, 0) is 0 Å². The van der Waals surface area contributed by atoms with Crippen LogP contribution in [0.2, 0.25) is 0 Å². The van der Waals surface area contributed by atoms with Crippen molar-refractivity contribution in [1.82, 2.24) is 0 Å². The first kappa shape index (κ1) is 14.4. The summed E-state index contributed by atoms with van der Waals surface area (Å²) in [7, 11) is 1.64. The Morgan fingerprint density at radius 2 is 1.94 bits per heavy atom. The summed E-state index contributed by atoms with van der Waals surface area (Å²) in [5.41, 5.74) is 1.60. The van der Waals surface area contributed by atoms with Gasteiger partial charge >= 0.3 is 0 Å². The van der Waals surface area contributed by atoms with Crippen molar-refractivity contribution in [1.29, 1.82) is 5.26 Å². The SMILES string of the molecule is CCCC(CCC)Nc1ccc(C#N)cc1OC. The predicted octanol–water partition coefficient (Wildman–Crippen LogP) is 3.95. The molecule has 0 radical (unpaired) electrons. The Morgan fingerprint density at radius 1 is 1.28 bits per heavy atom. The monoisotopic (exact) mass is 246 g/mol. The van der Waals surface area contributed by atoms with Gasteiger partial charge in [0.15, 0.2) is 0 Å². The van der Waals surface area contributed by atoms with Gasteiger partial charge in [-0.15, -0.1) is 0 Å². The van der Waals surface area contributed by atoms with Crippen LogP contribution < -0.4 is 10.1 Å². The van der Waals surface area contributed by atoms with E-state index in [1.165, 1.54) is 0 Å². The van der Waals surface area contributed by atoms with Gasteiger partial charge in [0.05, 0.1) is 24.4 Å². The van der Waals surface area contributed by atoms with Crippen molar-refractivity contribution in [2.24, 2.45) is 0 Å². The minimum atomic E-state index is 0.474. The molecule has 0 atom stereocenters. The molecule has 1 aromatic carbocycles. The third-order valence-electron chi connectivity index (χ3n) is 2.96. The highest BCUT2D eigenvalue weighted by Gasteiger charge is 2.10. The average Bonchev–Trinajstić information content (AvgIpc) is 2.39. The molecule has 1 rings (SSSR count). The van der Waals surface area contributed by atoms with Gasteiger partial charge in [-0.3, -0.25) is 0 Å². The Balaban J connectivity index is 2.84. The standard InChI is InChI=1S/C15H22N2O/c1-4-6-13(7-5-2)17-14-9-8-12(11-16)10-15(14)18-3/h8-10,13,17H,4-7H2,1-3H3. The molecule has 1 N–H and O–H groups in total. The van der Waals surface area contributed by atoms with Crippen LogP contribution >= 0.6 is 0 Å². The summed E-state index contributed by atoms with van der Waals surface area (Å²) in [5.74, 6) is 0.742. The van der Waals surface area contributed by atoms with Crippen LogP contribution in [0.5, 0.6) is 5.75 Å². The van der Waals surface area contributed by atoms with Crippen molar-refractivity contribution in [2.75, 3.05) is 12.4 Å². The fraction of sp³-hybridized carbons (Fsp3) is 0.533. The van der Waals surface area contributed by atoms with Crippen LogP contribution in [0.4, 0.5) is 5.69 Å². The first-order valence-electron chi connectivity index (χ1n) is 6.59. The van der Waals surface area contributed by atoms with Crippen LogP contribution in [0.25, 0.3) is 0 Å². The van der Waals surface area contributed by atoms with Crippen LogP contribution in [0, 0.1) is 11.3 Å². The van der Waals surface area contributed by atoms with Crippen molar-refractivity contribution in [3.05, 3.63) is 23.8 Å². The number of hydrogen-bond donors (Lipinski definition) is 1. The van der Waals surface area contributed by atoms with E-state index in [9.17, 15) is 0 Å². The van der Waals surface area contributed by atoms with E-state index >= 15 is 0 Å². The Hall–Kier alpha value is -1.69. The topological polar surface area (TPSA) is 45.0 Å². The van der Waals surface area contributed by atoms with E-state index in [4.69, 9.17) is 10.00 Å². The van der Waals surface area contributed by atoms with Crippen molar-refractivity contribution in [3.63, 3.8) is 0 Å². The molecule has 0 saturated carbocycles. The molecule has 0 fully saturated rings. The summed E-state index contributed by atoms with van der Waals surface area (Å²) in [6.07, 6.45) is 4.63. The van der Waals surface area contributed by atoms with E-state index in [1.807, 2.05) is 12.1 Å². The summed E-state index contributed by atoms with van der Waals surface area (Å²) < 4.78 is 5.33. The lowest BCUT2D eigenvalue weighted by molar-refractivity contribution is 0.415. The fourth-order valence-electron chi connectivity index (χ4n) is 2.09. The molecule has 1 aromatic rings. The molecule has 3 nitrogen and oxygen atoms in total. The maximum absolute atomic E-state index is 8.87. The van der Waals surface area contributed by atoms with Gasteiger partial charge in [-0.25, -0.2) is 0 Å². The molecule has 0 saturated heterocycles. The van der Waals surface area contributed by atoms with Crippen LogP contribution in [-0.4, -0.2) is 13.2 Å². The van der Waals surface area contributed by atoms with Crippen molar-refractivity contribution >= 4 is 5.69 Å². The number of nitrogens with zero attached hydrogens (tertiary/aromatic N) is 1. The smallest absolute Gasteiger partial charge is 0.143 e. The molecule has 0 heterocycles. The number of nitrogens with one attached hydrogen (secondary N) is 1. The van der Waals surface area contributed by atoms with Gasteiger partial charge in [0.2, 0.25) is 0 Å². The minimum Gasteiger partial charge on any atom is -0.495 e. The number of rotatable bonds is 7. The van der Waals surface area contributed by atoms with Crippen molar-refractivity contribution in [3.8, 4) is 11.8 Å². The van der Waals surface area contributed by atoms with E-state index in [0.717, 1.165) is 37.1 Å². The fourth-order valence-corrected chi connectivity index (χ4v) is 2.09. The molecular weight excluding hydrogens is 224 g/mol. The molecule has 0 bridgehead atoms. The molecule has 0 aliphatic heterocycles. The third-order valence-corrected chi connectivity index (χ3v) is 2.96. The number of nitriles is 1. The van der Waals surface area contributed by atoms with Crippen molar-refractivity contribution in [2.45, 2.75) is 45.6 Å². The Bertz CT molecular complexity index is 403. The minimum absolute atomic E-state index is 0.474. The lowest BCUT2D eigenvalue weighted by Crippen LogP contribution is -2.19. The molecule has 18 heavy (non-hydrogen) atoms. The van der Waals surface area contributed by atoms with Gasteiger partial charge < -0.3 is 10.1 Å². The van der Waals surface area contributed by atoms with Gasteiger partial charge in [-0.05, 0) is 25.0 Å². The maximum atomic E-state index is 8.87. The lowest BCUT2D eigenvalue weighted by Gasteiger charge is -2.20. The predicted molar refractivity (Wildman–Crippen MR) is 74.9 cm³/mol. The molecular formula is C15H22N2O. The summed E-state index contributed by atoms with van der Waals surface area (Å²) in [6, 6.07) is 8.12. The van der Waals surface area contributed by atoms with Gasteiger partial charge in [0, 0.05) is 12.1 Å². The molecule has 0 amide bonds. The zero-order valence-corrected chi connectivity index (χ0v) is 11.5. The number of hydrogen-bond acceptors (Lipinski definition) is 3. The Labute approximate surface area is 110 Å². The highest BCUT2D eigenvalue weighted by atomic mass is 16.5. The molecule has 0 aromatic heterocycles. The second-order valence-corrected chi connectivity index (χ2v) is 4.45. The summed E-state index contributed by atoms with van der Waals surface area (Å²) in [5, 5.41) is 12.4. The molecule has 0 aliphatic rings. The summed E-state index contributed by atoms with van der Waals surface area (Å²) >= 11 is 0. The maximum Gasteiger partial charge on any atom is 0.143 e. The second-order valence-electron chi connectivity index (χ2n) is 4.45. The summed E-state index contributed by atoms with van der Waals surface area (Å²) in [6.45, 7) is 4.39. The first-order valence-corrected chi connectivity index (χ1v) is 6.59. The largest absolute Gasteiger partial charge is 0.495 e. The first-order chi connectivity index (χ1) is 8.74. The van der Waals surface area contributed by atoms with E-state index in [-0.39, 0.29) is 0 Å². The number of ether oxygens (including phenoxy) is 1. The van der Waals surface area contributed by atoms with Gasteiger partial charge in [-0.2, -0.15) is 5.26 Å². The van der Waals surface area contributed by atoms with Crippen molar-refractivity contribution < 1.29 is 4.74 Å². The third kappa shape index (κ3) is 3.96. The van der Waals surface area contributed by atoms with E-state index in [1.54, 1.807) is 13.2 Å². The van der Waals surface area contributed by atoms with E-state index < -0.39 is 0 Å². The number of anilines is 1.